The number of carbonyl (C=O) groups is 2. The molecule has 0 atom stereocenters. The molecule has 0 radical (unpaired) electrons. The van der Waals surface area contributed by atoms with Crippen LogP contribution in [0, 0.1) is 6.92 Å². The van der Waals surface area contributed by atoms with Gasteiger partial charge in [-0.3, -0.25) is 14.6 Å². The zero-order chi connectivity index (χ0) is 19.4. The summed E-state index contributed by atoms with van der Waals surface area (Å²) in [4.78, 5) is 30.9. The number of furan rings is 1. The van der Waals surface area contributed by atoms with E-state index in [1.165, 1.54) is 0 Å². The van der Waals surface area contributed by atoms with Gasteiger partial charge in [-0.1, -0.05) is 12.1 Å². The topological polar surface area (TPSA) is 75.4 Å². The molecule has 3 aromatic rings. The molecule has 2 amide bonds. The van der Waals surface area contributed by atoms with E-state index in [-0.39, 0.29) is 11.8 Å². The number of anilines is 1. The normalized spacial score (nSPS) is 10.5. The van der Waals surface area contributed by atoms with Crippen molar-refractivity contribution in [2.24, 2.45) is 0 Å². The SMILES string of the molecule is Cc1cccc(C(=O)N(C)Cc2ccc(Br)o2)c1NC(=O)c1ccncc1. The molecule has 27 heavy (non-hydrogen) atoms. The highest BCUT2D eigenvalue weighted by Gasteiger charge is 2.20. The minimum Gasteiger partial charge on any atom is -0.452 e. The van der Waals surface area contributed by atoms with E-state index in [1.54, 1.807) is 60.7 Å². The van der Waals surface area contributed by atoms with Crippen molar-refractivity contribution >= 4 is 33.4 Å². The number of aryl methyl sites for hydroxylation is 1. The molecule has 0 spiro atoms. The van der Waals surface area contributed by atoms with Gasteiger partial charge >= 0.3 is 0 Å². The zero-order valence-corrected chi connectivity index (χ0v) is 16.5. The predicted molar refractivity (Wildman–Crippen MR) is 106 cm³/mol. The lowest BCUT2D eigenvalue weighted by atomic mass is 10.1. The van der Waals surface area contributed by atoms with Gasteiger partial charge < -0.3 is 14.6 Å². The molecular weight excluding hydrogens is 410 g/mol. The van der Waals surface area contributed by atoms with Crippen LogP contribution in [0.4, 0.5) is 5.69 Å². The third-order valence-electron chi connectivity index (χ3n) is 4.05. The van der Waals surface area contributed by atoms with Crippen LogP contribution in [0.3, 0.4) is 0 Å². The van der Waals surface area contributed by atoms with Gasteiger partial charge in [0.1, 0.15) is 5.76 Å². The highest BCUT2D eigenvalue weighted by Crippen LogP contribution is 2.24. The molecule has 2 aromatic heterocycles. The number of pyridine rings is 1. The molecule has 1 N–H and O–H groups in total. The molecular formula is C20H18BrN3O3. The van der Waals surface area contributed by atoms with Gasteiger partial charge in [0.05, 0.1) is 17.8 Å². The quantitative estimate of drug-likeness (QED) is 0.659. The molecule has 3 rings (SSSR count). The van der Waals surface area contributed by atoms with Crippen molar-refractivity contribution in [3.8, 4) is 0 Å². The first-order valence-electron chi connectivity index (χ1n) is 8.26. The second-order valence-electron chi connectivity index (χ2n) is 6.05. The van der Waals surface area contributed by atoms with Gasteiger partial charge in [-0.15, -0.1) is 0 Å². The third kappa shape index (κ3) is 4.43. The Morgan fingerprint density at radius 1 is 1.15 bits per heavy atom. The second-order valence-corrected chi connectivity index (χ2v) is 6.84. The summed E-state index contributed by atoms with van der Waals surface area (Å²) in [6, 6.07) is 12.2. The van der Waals surface area contributed by atoms with Crippen LogP contribution < -0.4 is 5.32 Å². The summed E-state index contributed by atoms with van der Waals surface area (Å²) >= 11 is 3.25. The van der Waals surface area contributed by atoms with E-state index >= 15 is 0 Å². The number of nitrogens with one attached hydrogen (secondary N) is 1. The van der Waals surface area contributed by atoms with Crippen LogP contribution in [0.2, 0.25) is 0 Å². The van der Waals surface area contributed by atoms with E-state index in [0.29, 0.717) is 33.8 Å². The molecule has 6 nitrogen and oxygen atoms in total. The van der Waals surface area contributed by atoms with E-state index < -0.39 is 0 Å². The third-order valence-corrected chi connectivity index (χ3v) is 4.48. The fourth-order valence-corrected chi connectivity index (χ4v) is 2.99. The fraction of sp³-hybridized carbons (Fsp3) is 0.150. The smallest absolute Gasteiger partial charge is 0.256 e. The summed E-state index contributed by atoms with van der Waals surface area (Å²) in [6.07, 6.45) is 3.10. The lowest BCUT2D eigenvalue weighted by Gasteiger charge is -2.19. The first-order valence-corrected chi connectivity index (χ1v) is 9.05. The van der Waals surface area contributed by atoms with E-state index in [2.05, 4.69) is 26.2 Å². The largest absolute Gasteiger partial charge is 0.452 e. The summed E-state index contributed by atoms with van der Waals surface area (Å²) in [6.45, 7) is 2.17. The Kier molecular flexibility index (Phi) is 5.71. The summed E-state index contributed by atoms with van der Waals surface area (Å²) < 4.78 is 6.07. The maximum Gasteiger partial charge on any atom is 0.256 e. The summed E-state index contributed by atoms with van der Waals surface area (Å²) in [5, 5.41) is 2.85. The van der Waals surface area contributed by atoms with E-state index in [1.807, 2.05) is 13.0 Å². The van der Waals surface area contributed by atoms with Gasteiger partial charge in [-0.05, 0) is 58.7 Å². The number of hydrogen-bond acceptors (Lipinski definition) is 4. The number of para-hydroxylation sites is 1. The van der Waals surface area contributed by atoms with E-state index in [0.717, 1.165) is 5.56 Å². The Bertz CT molecular complexity index is 970. The van der Waals surface area contributed by atoms with Crippen LogP contribution in [-0.2, 0) is 6.54 Å². The highest BCUT2D eigenvalue weighted by atomic mass is 79.9. The molecule has 0 bridgehead atoms. The van der Waals surface area contributed by atoms with Gasteiger partial charge in [0.25, 0.3) is 11.8 Å². The number of nitrogens with zero attached hydrogens (tertiary/aromatic N) is 2. The highest BCUT2D eigenvalue weighted by molar-refractivity contribution is 9.10. The minimum absolute atomic E-state index is 0.212. The Morgan fingerprint density at radius 2 is 1.89 bits per heavy atom. The van der Waals surface area contributed by atoms with Crippen molar-refractivity contribution in [3.05, 3.63) is 82.0 Å². The zero-order valence-electron chi connectivity index (χ0n) is 14.9. The minimum atomic E-state index is -0.293. The standard InChI is InChI=1S/C20H18BrN3O3/c1-13-4-3-5-16(18(13)23-19(25)14-8-10-22-11-9-14)20(26)24(2)12-15-6-7-17(21)27-15/h3-11H,12H2,1-2H3,(H,23,25). The maximum absolute atomic E-state index is 13.0. The van der Waals surface area contributed by atoms with Gasteiger partial charge in [-0.25, -0.2) is 0 Å². The molecule has 0 saturated carbocycles. The Morgan fingerprint density at radius 3 is 2.56 bits per heavy atom. The van der Waals surface area contributed by atoms with Crippen molar-refractivity contribution in [1.82, 2.24) is 9.88 Å². The van der Waals surface area contributed by atoms with Gasteiger partial charge in [0, 0.05) is 25.0 Å². The van der Waals surface area contributed by atoms with E-state index in [9.17, 15) is 9.59 Å². The van der Waals surface area contributed by atoms with Crippen molar-refractivity contribution in [3.63, 3.8) is 0 Å². The van der Waals surface area contributed by atoms with Crippen LogP contribution in [-0.4, -0.2) is 28.7 Å². The van der Waals surface area contributed by atoms with Gasteiger partial charge in [-0.2, -0.15) is 0 Å². The fourth-order valence-electron chi connectivity index (χ4n) is 2.65. The number of hydrogen-bond donors (Lipinski definition) is 1. The first kappa shape index (κ1) is 18.8. The van der Waals surface area contributed by atoms with Crippen LogP contribution >= 0.6 is 15.9 Å². The van der Waals surface area contributed by atoms with Crippen molar-refractivity contribution < 1.29 is 14.0 Å². The molecule has 0 aliphatic carbocycles. The van der Waals surface area contributed by atoms with Crippen molar-refractivity contribution in [1.29, 1.82) is 0 Å². The number of aromatic nitrogens is 1. The molecule has 0 unspecified atom stereocenters. The average molecular weight is 428 g/mol. The molecule has 0 aliphatic rings. The number of halogens is 1. The number of benzene rings is 1. The molecule has 138 valence electrons. The van der Waals surface area contributed by atoms with Crippen molar-refractivity contribution in [2.75, 3.05) is 12.4 Å². The summed E-state index contributed by atoms with van der Waals surface area (Å²) in [5.74, 6) is 0.155. The lowest BCUT2D eigenvalue weighted by molar-refractivity contribution is 0.0776. The Balaban J connectivity index is 1.84. The molecule has 0 aliphatic heterocycles. The Labute approximate surface area is 165 Å². The first-order chi connectivity index (χ1) is 13.0. The number of amides is 2. The molecule has 0 saturated heterocycles. The maximum atomic E-state index is 13.0. The van der Waals surface area contributed by atoms with Crippen molar-refractivity contribution in [2.45, 2.75) is 13.5 Å². The predicted octanol–water partition coefficient (Wildman–Crippen LogP) is 4.27. The number of carbonyl (C=O) groups excluding carboxylic acids is 2. The lowest BCUT2D eigenvalue weighted by Crippen LogP contribution is -2.27. The van der Waals surface area contributed by atoms with Crippen LogP contribution in [0.1, 0.15) is 32.0 Å². The molecule has 1 aromatic carbocycles. The second kappa shape index (κ2) is 8.18. The van der Waals surface area contributed by atoms with E-state index in [4.69, 9.17) is 4.42 Å². The van der Waals surface area contributed by atoms with Gasteiger partial charge in [0.15, 0.2) is 4.67 Å². The summed E-state index contributed by atoms with van der Waals surface area (Å²) in [5.41, 5.74) is 2.19. The molecule has 0 fully saturated rings. The van der Waals surface area contributed by atoms with Crippen LogP contribution in [0.15, 0.2) is 63.9 Å². The van der Waals surface area contributed by atoms with Crippen LogP contribution in [0.25, 0.3) is 0 Å². The van der Waals surface area contributed by atoms with Crippen LogP contribution in [0.5, 0.6) is 0 Å². The summed E-state index contributed by atoms with van der Waals surface area (Å²) in [7, 11) is 1.69. The average Bonchev–Trinajstić information content (AvgIpc) is 3.08. The molecule has 2 heterocycles. The number of rotatable bonds is 5. The Hall–Kier alpha value is -2.93. The monoisotopic (exact) mass is 427 g/mol. The van der Waals surface area contributed by atoms with Gasteiger partial charge in [0.2, 0.25) is 0 Å². The molecule has 7 heteroatoms.